The van der Waals surface area contributed by atoms with Crippen molar-refractivity contribution in [2.24, 2.45) is 17.8 Å². The third kappa shape index (κ3) is 3.94. The van der Waals surface area contributed by atoms with Crippen molar-refractivity contribution in [1.82, 2.24) is 9.80 Å². The highest BCUT2D eigenvalue weighted by Crippen LogP contribution is 2.65. The van der Waals surface area contributed by atoms with E-state index in [4.69, 9.17) is 33.0 Å². The average Bonchev–Trinajstić information content (AvgIpc) is 3.23. The number of likely N-dealkylation sites (tertiary alicyclic amines) is 2. The van der Waals surface area contributed by atoms with Crippen molar-refractivity contribution >= 4 is 52.8 Å². The Bertz CT molecular complexity index is 1350. The first-order chi connectivity index (χ1) is 18.9. The standard InChI is InChI=1S/C28H30Cl2N2O8/c1-31-25(38)27(29)13-17-15(22(28(27,30)26(31)39)14-7-10-18(33)19(12-14)40-2)8-9-16-21(17)24(37)32(23(16)36)11-5-3-4-6-20(34)35/h7-8,10,12,16-17,21-22,33H,3-6,9,11,13H2,1-2H3,(H,34,35)/t16-,17+,21-,22-,27+,28-/m0/s1. The van der Waals surface area contributed by atoms with Crippen molar-refractivity contribution in [3.05, 3.63) is 35.4 Å². The van der Waals surface area contributed by atoms with Gasteiger partial charge in [0.1, 0.15) is 0 Å². The van der Waals surface area contributed by atoms with Gasteiger partial charge in [0.25, 0.3) is 11.8 Å². The van der Waals surface area contributed by atoms with Crippen molar-refractivity contribution < 1.29 is 38.9 Å². The van der Waals surface area contributed by atoms with Crippen LogP contribution in [-0.4, -0.2) is 80.1 Å². The van der Waals surface area contributed by atoms with Crippen molar-refractivity contribution in [3.8, 4) is 11.5 Å². The van der Waals surface area contributed by atoms with Gasteiger partial charge in [0.15, 0.2) is 21.2 Å². The number of imide groups is 2. The van der Waals surface area contributed by atoms with Crippen LogP contribution in [0.3, 0.4) is 0 Å². The molecule has 5 rings (SSSR count). The molecule has 4 aliphatic rings. The monoisotopic (exact) mass is 592 g/mol. The van der Waals surface area contributed by atoms with Crippen LogP contribution in [0.15, 0.2) is 29.8 Å². The predicted octanol–water partition coefficient (Wildman–Crippen LogP) is 3.03. The minimum absolute atomic E-state index is 0.0190. The summed E-state index contributed by atoms with van der Waals surface area (Å²) in [4.78, 5) is 63.3. The summed E-state index contributed by atoms with van der Waals surface area (Å²) in [5.41, 5.74) is 1.13. The number of carboxylic acid groups (broad SMARTS) is 1. The van der Waals surface area contributed by atoms with Crippen LogP contribution in [0.25, 0.3) is 0 Å². The van der Waals surface area contributed by atoms with E-state index in [0.29, 0.717) is 30.4 Å². The number of phenolic OH excluding ortho intramolecular Hbond substituents is 1. The van der Waals surface area contributed by atoms with Crippen LogP contribution in [0.1, 0.15) is 50.0 Å². The summed E-state index contributed by atoms with van der Waals surface area (Å²) < 4.78 is 5.29. The first-order valence-corrected chi connectivity index (χ1v) is 14.0. The summed E-state index contributed by atoms with van der Waals surface area (Å²) in [5.74, 6) is -5.86. The molecule has 2 aliphatic carbocycles. The van der Waals surface area contributed by atoms with Crippen LogP contribution in [0.5, 0.6) is 11.5 Å². The van der Waals surface area contributed by atoms with E-state index >= 15 is 0 Å². The van der Waals surface area contributed by atoms with Gasteiger partial charge in [-0.05, 0) is 49.3 Å². The minimum Gasteiger partial charge on any atom is -0.504 e. The zero-order valence-corrected chi connectivity index (χ0v) is 23.6. The number of alkyl halides is 2. The number of nitrogens with zero attached hydrogens (tertiary/aromatic N) is 2. The molecule has 2 N–H and O–H groups in total. The van der Waals surface area contributed by atoms with Gasteiger partial charge in [0.2, 0.25) is 11.8 Å². The zero-order valence-electron chi connectivity index (χ0n) is 22.1. The summed E-state index contributed by atoms with van der Waals surface area (Å²) in [5, 5.41) is 19.1. The number of hydrogen-bond donors (Lipinski definition) is 2. The molecule has 0 aromatic heterocycles. The summed E-state index contributed by atoms with van der Waals surface area (Å²) >= 11 is 14.2. The van der Waals surface area contributed by atoms with Gasteiger partial charge in [0.05, 0.1) is 18.9 Å². The number of carbonyl (C=O) groups is 5. The summed E-state index contributed by atoms with van der Waals surface area (Å²) in [6, 6.07) is 4.53. The third-order valence-corrected chi connectivity index (χ3v) is 10.3. The number of carboxylic acids is 1. The van der Waals surface area contributed by atoms with Gasteiger partial charge in [0, 0.05) is 25.9 Å². The molecule has 0 radical (unpaired) electrons. The van der Waals surface area contributed by atoms with Crippen LogP contribution >= 0.6 is 23.2 Å². The van der Waals surface area contributed by atoms with Crippen LogP contribution in [0, 0.1) is 17.8 Å². The van der Waals surface area contributed by atoms with E-state index in [1.54, 1.807) is 6.07 Å². The number of rotatable bonds is 8. The highest BCUT2D eigenvalue weighted by Gasteiger charge is 2.75. The smallest absolute Gasteiger partial charge is 0.303 e. The van der Waals surface area contributed by atoms with Gasteiger partial charge >= 0.3 is 5.97 Å². The van der Waals surface area contributed by atoms with Crippen molar-refractivity contribution in [3.63, 3.8) is 0 Å². The van der Waals surface area contributed by atoms with Crippen LogP contribution in [0.2, 0.25) is 0 Å². The number of fused-ring (bicyclic) bond motifs is 4. The number of halogens is 2. The molecule has 2 heterocycles. The molecule has 6 atom stereocenters. The summed E-state index contributed by atoms with van der Waals surface area (Å²) in [6.07, 6.45) is 3.49. The van der Waals surface area contributed by atoms with Crippen LogP contribution < -0.4 is 4.74 Å². The van der Waals surface area contributed by atoms with E-state index < -0.39 is 51.2 Å². The lowest BCUT2D eigenvalue weighted by Crippen LogP contribution is -2.60. The van der Waals surface area contributed by atoms with Crippen molar-refractivity contribution in [2.45, 2.75) is 54.2 Å². The number of phenols is 1. The largest absolute Gasteiger partial charge is 0.504 e. The van der Waals surface area contributed by atoms with Gasteiger partial charge in [-0.15, -0.1) is 23.2 Å². The highest BCUT2D eigenvalue weighted by molar-refractivity contribution is 6.53. The minimum atomic E-state index is -1.91. The maximum Gasteiger partial charge on any atom is 0.303 e. The number of aliphatic carboxylic acids is 1. The third-order valence-electron chi connectivity index (χ3n) is 8.92. The molecular formula is C28H30Cl2N2O8. The number of methoxy groups -OCH3 is 1. The Hall–Kier alpha value is -3.11. The number of hydrogen-bond acceptors (Lipinski definition) is 7. The molecule has 12 heteroatoms. The fraction of sp³-hybridized carbons (Fsp3) is 0.536. The molecule has 10 nitrogen and oxygen atoms in total. The van der Waals surface area contributed by atoms with Crippen molar-refractivity contribution in [1.29, 1.82) is 0 Å². The molecule has 3 fully saturated rings. The fourth-order valence-electron chi connectivity index (χ4n) is 7.00. The molecule has 1 aromatic carbocycles. The maximum atomic E-state index is 13.7. The second-order valence-corrected chi connectivity index (χ2v) is 12.2. The molecule has 1 saturated carbocycles. The van der Waals surface area contributed by atoms with E-state index in [9.17, 15) is 29.1 Å². The van der Waals surface area contributed by atoms with Gasteiger partial charge < -0.3 is 14.9 Å². The molecule has 214 valence electrons. The van der Waals surface area contributed by atoms with Crippen molar-refractivity contribution in [2.75, 3.05) is 20.7 Å². The van der Waals surface area contributed by atoms with E-state index in [1.807, 2.05) is 6.08 Å². The normalized spacial score (nSPS) is 33.0. The first kappa shape index (κ1) is 28.4. The average molecular weight is 593 g/mol. The zero-order chi connectivity index (χ0) is 29.1. The molecule has 2 saturated heterocycles. The number of allylic oxidation sites excluding steroid dienone is 2. The number of amides is 4. The lowest BCUT2D eigenvalue weighted by Gasteiger charge is -2.50. The van der Waals surface area contributed by atoms with E-state index in [-0.39, 0.29) is 49.1 Å². The maximum absolute atomic E-state index is 13.7. The molecule has 0 spiro atoms. The number of unbranched alkanes of at least 4 members (excludes halogenated alkanes) is 2. The quantitative estimate of drug-likeness (QED) is 0.203. The molecule has 0 bridgehead atoms. The van der Waals surface area contributed by atoms with Gasteiger partial charge in [-0.1, -0.05) is 24.1 Å². The molecule has 40 heavy (non-hydrogen) atoms. The summed E-state index contributed by atoms with van der Waals surface area (Å²) in [7, 11) is 2.70. The topological polar surface area (TPSA) is 142 Å². The molecule has 1 aromatic rings. The fourth-order valence-corrected chi connectivity index (χ4v) is 8.02. The molecule has 2 aliphatic heterocycles. The van der Waals surface area contributed by atoms with Crippen LogP contribution in [0.4, 0.5) is 0 Å². The number of benzene rings is 1. The second-order valence-electron chi connectivity index (χ2n) is 11.0. The van der Waals surface area contributed by atoms with Gasteiger partial charge in [-0.25, -0.2) is 0 Å². The number of ether oxygens (including phenoxy) is 1. The van der Waals surface area contributed by atoms with E-state index in [1.165, 1.54) is 31.2 Å². The number of carbonyl (C=O) groups excluding carboxylic acids is 4. The van der Waals surface area contributed by atoms with E-state index in [2.05, 4.69) is 0 Å². The Morgan fingerprint density at radius 1 is 1.07 bits per heavy atom. The van der Waals surface area contributed by atoms with E-state index in [0.717, 1.165) is 4.90 Å². The van der Waals surface area contributed by atoms with Gasteiger partial charge in [-0.3, -0.25) is 33.8 Å². The lowest BCUT2D eigenvalue weighted by atomic mass is 9.56. The Morgan fingerprint density at radius 3 is 2.48 bits per heavy atom. The lowest BCUT2D eigenvalue weighted by molar-refractivity contribution is -0.141. The van der Waals surface area contributed by atoms with Crippen LogP contribution in [-0.2, 0) is 24.0 Å². The Labute approximate surface area is 240 Å². The predicted molar refractivity (Wildman–Crippen MR) is 143 cm³/mol. The molecule has 0 unspecified atom stereocenters. The Morgan fingerprint density at radius 2 is 1.80 bits per heavy atom. The molecular weight excluding hydrogens is 563 g/mol. The second kappa shape index (κ2) is 10.1. The first-order valence-electron chi connectivity index (χ1n) is 13.2. The Balaban J connectivity index is 1.54. The highest BCUT2D eigenvalue weighted by atomic mass is 35.5. The summed E-state index contributed by atoms with van der Waals surface area (Å²) in [6.45, 7) is 0.177. The SMILES string of the molecule is COc1cc([C@H]2C3=CC[C@@H]4C(=O)N(CCCCCC(=O)O)C(=O)[C@@H]4[C@@H]3C[C@@]3(Cl)C(=O)N(C)C(=O)[C@@]23Cl)ccc1O. The molecule has 4 amide bonds. The number of aromatic hydroxyl groups is 1. The Kier molecular flexibility index (Phi) is 7.15. The van der Waals surface area contributed by atoms with Gasteiger partial charge in [-0.2, -0.15) is 0 Å².